The lowest BCUT2D eigenvalue weighted by atomic mass is 9.92. The highest BCUT2D eigenvalue weighted by Crippen LogP contribution is 2.31. The van der Waals surface area contributed by atoms with Crippen molar-refractivity contribution in [1.29, 1.82) is 0 Å². The van der Waals surface area contributed by atoms with Gasteiger partial charge in [-0.3, -0.25) is 0 Å². The van der Waals surface area contributed by atoms with Crippen LogP contribution in [0, 0.1) is 0 Å². The molecule has 0 aliphatic heterocycles. The predicted octanol–water partition coefficient (Wildman–Crippen LogP) is 7.48. The van der Waals surface area contributed by atoms with Gasteiger partial charge in [-0.25, -0.2) is 9.59 Å². The number of aromatic hydroxyl groups is 1. The number of phenols is 1. The van der Waals surface area contributed by atoms with Gasteiger partial charge in [0.25, 0.3) is 0 Å². The Morgan fingerprint density at radius 3 is 1.94 bits per heavy atom. The van der Waals surface area contributed by atoms with Gasteiger partial charge in [0.1, 0.15) is 5.56 Å². The number of ether oxygens (including phenoxy) is 1. The molecule has 2 rings (SSSR count). The summed E-state index contributed by atoms with van der Waals surface area (Å²) in [4.78, 5) is 28.0. The summed E-state index contributed by atoms with van der Waals surface area (Å²) in [7, 11) is 0. The Labute approximate surface area is 211 Å². The molecule has 1 N–H and O–H groups in total. The van der Waals surface area contributed by atoms with Crippen molar-refractivity contribution in [2.24, 2.45) is 0 Å². The Kier molecular flexibility index (Phi) is 12.4. The molecule has 0 fully saturated rings. The molecule has 2 aromatic carbocycles. The van der Waals surface area contributed by atoms with E-state index in [9.17, 15) is 14.7 Å². The minimum atomic E-state index is -0.827. The summed E-state index contributed by atoms with van der Waals surface area (Å²) in [6.07, 6.45) is 10.8. The van der Waals surface area contributed by atoms with E-state index in [1.807, 2.05) is 24.8 Å². The molecule has 5 heteroatoms. The van der Waals surface area contributed by atoms with Crippen LogP contribution in [0.4, 0.5) is 5.69 Å². The Hall–Kier alpha value is -2.82. The van der Waals surface area contributed by atoms with Gasteiger partial charge >= 0.3 is 11.9 Å². The van der Waals surface area contributed by atoms with Crippen LogP contribution in [0.1, 0.15) is 111 Å². The predicted molar refractivity (Wildman–Crippen MR) is 144 cm³/mol. The van der Waals surface area contributed by atoms with Crippen LogP contribution in [0.15, 0.2) is 36.4 Å². The van der Waals surface area contributed by atoms with Crippen LogP contribution in [0.3, 0.4) is 0 Å². The zero-order chi connectivity index (χ0) is 25.6. The fraction of sp³-hybridized carbons (Fsp3) is 0.533. The van der Waals surface area contributed by atoms with E-state index in [1.165, 1.54) is 37.3 Å². The number of rotatable bonds is 15. The molecule has 0 saturated heterocycles. The van der Waals surface area contributed by atoms with Crippen molar-refractivity contribution >= 4 is 17.6 Å². The summed E-state index contributed by atoms with van der Waals surface area (Å²) < 4.78 is 5.32. The number of hydrogen-bond donors (Lipinski definition) is 1. The molecule has 0 unspecified atom stereocenters. The lowest BCUT2D eigenvalue weighted by molar-refractivity contribution is 0.0395. The average molecular weight is 482 g/mol. The number of phenolic OH excluding ortho intramolecular Hbond substituents is 1. The van der Waals surface area contributed by atoms with E-state index in [1.54, 1.807) is 18.2 Å². The Balaban J connectivity index is 2.26. The van der Waals surface area contributed by atoms with Gasteiger partial charge in [0.05, 0.1) is 11.3 Å². The van der Waals surface area contributed by atoms with E-state index in [-0.39, 0.29) is 11.3 Å². The van der Waals surface area contributed by atoms with Gasteiger partial charge in [0.15, 0.2) is 5.75 Å². The maximum atomic E-state index is 13.2. The van der Waals surface area contributed by atoms with Gasteiger partial charge in [0, 0.05) is 13.1 Å². The van der Waals surface area contributed by atoms with Crippen molar-refractivity contribution in [2.75, 3.05) is 18.0 Å². The molecule has 0 aliphatic rings. The van der Waals surface area contributed by atoms with Gasteiger partial charge < -0.3 is 14.7 Å². The Morgan fingerprint density at radius 2 is 1.31 bits per heavy atom. The van der Waals surface area contributed by atoms with Crippen LogP contribution in [0.25, 0.3) is 0 Å². The lowest BCUT2D eigenvalue weighted by Crippen LogP contribution is -2.22. The maximum Gasteiger partial charge on any atom is 0.349 e. The monoisotopic (exact) mass is 481 g/mol. The standard InChI is InChI=1S/C30H43NO4/c1-5-9-11-13-17-23-18-15-20-25(24(23)19-14-12-10-6-2)29(33)35-30(34)26-21-16-22-27(28(26)32)31(7-3)8-4/h15-16,18,20-22,32H,5-14,17,19H2,1-4H3. The highest BCUT2D eigenvalue weighted by atomic mass is 16.6. The van der Waals surface area contributed by atoms with Crippen molar-refractivity contribution in [3.8, 4) is 5.75 Å². The number of nitrogens with zero attached hydrogens (tertiary/aromatic N) is 1. The molecule has 0 bridgehead atoms. The number of unbranched alkanes of at least 4 members (excludes halogenated alkanes) is 6. The molecule has 2 aromatic rings. The van der Waals surface area contributed by atoms with Crippen LogP contribution < -0.4 is 4.90 Å². The number of esters is 2. The topological polar surface area (TPSA) is 66.8 Å². The quantitative estimate of drug-likeness (QED) is 0.162. The summed E-state index contributed by atoms with van der Waals surface area (Å²) in [6, 6.07) is 10.7. The molecule has 0 saturated carbocycles. The first-order valence-electron chi connectivity index (χ1n) is 13.4. The van der Waals surface area contributed by atoms with E-state index < -0.39 is 11.9 Å². The van der Waals surface area contributed by atoms with Gasteiger partial charge in [-0.2, -0.15) is 0 Å². The lowest BCUT2D eigenvalue weighted by Gasteiger charge is -2.22. The van der Waals surface area contributed by atoms with Crippen LogP contribution in [-0.2, 0) is 17.6 Å². The number of benzene rings is 2. The van der Waals surface area contributed by atoms with E-state index in [0.717, 1.165) is 44.1 Å². The number of para-hydroxylation sites is 1. The molecule has 0 spiro atoms. The molecule has 0 radical (unpaired) electrons. The molecule has 0 amide bonds. The second-order valence-electron chi connectivity index (χ2n) is 9.09. The molecule has 0 heterocycles. The highest BCUT2D eigenvalue weighted by molar-refractivity contribution is 6.05. The summed E-state index contributed by atoms with van der Waals surface area (Å²) in [6.45, 7) is 9.72. The van der Waals surface area contributed by atoms with E-state index in [2.05, 4.69) is 19.9 Å². The smallest absolute Gasteiger partial charge is 0.349 e. The first kappa shape index (κ1) is 28.4. The minimum Gasteiger partial charge on any atom is -0.505 e. The fourth-order valence-corrected chi connectivity index (χ4v) is 4.54. The third kappa shape index (κ3) is 8.12. The molecule has 0 atom stereocenters. The second kappa shape index (κ2) is 15.2. The third-order valence-corrected chi connectivity index (χ3v) is 6.60. The van der Waals surface area contributed by atoms with Crippen molar-refractivity contribution in [2.45, 2.75) is 91.9 Å². The summed E-state index contributed by atoms with van der Waals surface area (Å²) >= 11 is 0. The zero-order valence-electron chi connectivity index (χ0n) is 22.1. The zero-order valence-corrected chi connectivity index (χ0v) is 22.1. The van der Waals surface area contributed by atoms with Gasteiger partial charge in [0.2, 0.25) is 0 Å². The molecular formula is C30H43NO4. The number of hydrogen-bond acceptors (Lipinski definition) is 5. The second-order valence-corrected chi connectivity index (χ2v) is 9.09. The average Bonchev–Trinajstić information content (AvgIpc) is 2.86. The highest BCUT2D eigenvalue weighted by Gasteiger charge is 2.23. The van der Waals surface area contributed by atoms with Gasteiger partial charge in [-0.1, -0.05) is 70.6 Å². The number of anilines is 1. The maximum absolute atomic E-state index is 13.2. The van der Waals surface area contributed by atoms with Crippen molar-refractivity contribution < 1.29 is 19.4 Å². The van der Waals surface area contributed by atoms with Crippen LogP contribution in [0.5, 0.6) is 5.75 Å². The summed E-state index contributed by atoms with van der Waals surface area (Å²) in [5.74, 6) is -1.63. The number of aryl methyl sites for hydroxylation is 1. The SMILES string of the molecule is CCCCCCc1cccc(C(=O)OC(=O)c2cccc(N(CC)CC)c2O)c1CCCCCC. The molecule has 35 heavy (non-hydrogen) atoms. The van der Waals surface area contributed by atoms with Gasteiger partial charge in [-0.15, -0.1) is 0 Å². The van der Waals surface area contributed by atoms with Crippen molar-refractivity contribution in [1.82, 2.24) is 0 Å². The van der Waals surface area contributed by atoms with E-state index >= 15 is 0 Å². The van der Waals surface area contributed by atoms with Gasteiger partial charge in [-0.05, 0) is 68.9 Å². The first-order chi connectivity index (χ1) is 17.0. The van der Waals surface area contributed by atoms with Crippen LogP contribution in [0.2, 0.25) is 0 Å². The van der Waals surface area contributed by atoms with E-state index in [4.69, 9.17) is 4.74 Å². The molecule has 0 aromatic heterocycles. The third-order valence-electron chi connectivity index (χ3n) is 6.60. The van der Waals surface area contributed by atoms with Crippen LogP contribution >= 0.6 is 0 Å². The first-order valence-corrected chi connectivity index (χ1v) is 13.4. The molecule has 192 valence electrons. The largest absolute Gasteiger partial charge is 0.505 e. The normalized spacial score (nSPS) is 10.9. The Bertz CT molecular complexity index is 949. The van der Waals surface area contributed by atoms with Crippen molar-refractivity contribution in [3.05, 3.63) is 58.7 Å². The molecule has 0 aliphatic carbocycles. The minimum absolute atomic E-state index is 0.00275. The van der Waals surface area contributed by atoms with Crippen LogP contribution in [-0.4, -0.2) is 30.1 Å². The molecular weight excluding hydrogens is 438 g/mol. The fourth-order valence-electron chi connectivity index (χ4n) is 4.54. The number of carbonyl (C=O) groups is 2. The Morgan fingerprint density at radius 1 is 0.743 bits per heavy atom. The number of carbonyl (C=O) groups excluding carboxylic acids is 2. The molecule has 5 nitrogen and oxygen atoms in total. The summed E-state index contributed by atoms with van der Waals surface area (Å²) in [5.41, 5.74) is 3.19. The van der Waals surface area contributed by atoms with E-state index in [0.29, 0.717) is 24.3 Å². The summed E-state index contributed by atoms with van der Waals surface area (Å²) in [5, 5.41) is 10.7. The van der Waals surface area contributed by atoms with Crippen molar-refractivity contribution in [3.63, 3.8) is 0 Å².